The van der Waals surface area contributed by atoms with Gasteiger partial charge in [0, 0.05) is 11.9 Å². The molecule has 0 spiro atoms. The lowest BCUT2D eigenvalue weighted by atomic mass is 9.85. The Balaban J connectivity index is 2.07. The lowest BCUT2D eigenvalue weighted by Crippen LogP contribution is -2.09. The highest BCUT2D eigenvalue weighted by molar-refractivity contribution is 7.71. The lowest BCUT2D eigenvalue weighted by Gasteiger charge is -2.20. The second-order valence-corrected chi connectivity index (χ2v) is 4.46. The normalized spacial score (nSPS) is 22.1. The molecule has 3 heteroatoms. The fraction of sp³-hybridized carbons (Fsp3) is 0.545. The molecule has 1 aromatic rings. The molecular formula is C11H16N2S. The number of imidazole rings is 1. The Morgan fingerprint density at radius 2 is 2.43 bits per heavy atom. The zero-order chi connectivity index (χ0) is 9.97. The summed E-state index contributed by atoms with van der Waals surface area (Å²) < 4.78 is 0.734. The third-order valence-corrected chi connectivity index (χ3v) is 3.20. The minimum absolute atomic E-state index is 0.713. The van der Waals surface area contributed by atoms with E-state index in [0.717, 1.165) is 11.2 Å². The van der Waals surface area contributed by atoms with E-state index in [9.17, 15) is 0 Å². The van der Waals surface area contributed by atoms with E-state index < -0.39 is 0 Å². The molecule has 2 nitrogen and oxygen atoms in total. The SMILES string of the molecule is CC1=CCCCC1Cc1c[nH]c(=S)[nH]1. The maximum atomic E-state index is 5.00. The minimum atomic E-state index is 0.713. The molecule has 1 unspecified atom stereocenters. The predicted octanol–water partition coefficient (Wildman–Crippen LogP) is 3.36. The summed E-state index contributed by atoms with van der Waals surface area (Å²) >= 11 is 5.00. The van der Waals surface area contributed by atoms with Crippen molar-refractivity contribution in [3.05, 3.63) is 28.3 Å². The number of hydrogen-bond donors (Lipinski definition) is 2. The van der Waals surface area contributed by atoms with Crippen LogP contribution in [-0.2, 0) is 6.42 Å². The topological polar surface area (TPSA) is 31.6 Å². The van der Waals surface area contributed by atoms with Crippen molar-refractivity contribution >= 4 is 12.2 Å². The summed E-state index contributed by atoms with van der Waals surface area (Å²) in [5, 5.41) is 0. The van der Waals surface area contributed by atoms with E-state index in [-0.39, 0.29) is 0 Å². The van der Waals surface area contributed by atoms with Crippen LogP contribution in [0.3, 0.4) is 0 Å². The third-order valence-electron chi connectivity index (χ3n) is 2.98. The number of nitrogens with one attached hydrogen (secondary N) is 2. The predicted molar refractivity (Wildman–Crippen MR) is 60.8 cm³/mol. The smallest absolute Gasteiger partial charge is 0.174 e. The second-order valence-electron chi connectivity index (χ2n) is 4.05. The molecule has 0 aromatic carbocycles. The minimum Gasteiger partial charge on any atom is -0.337 e. The van der Waals surface area contributed by atoms with Gasteiger partial charge in [0.1, 0.15) is 0 Å². The number of H-pyrrole nitrogens is 2. The van der Waals surface area contributed by atoms with Gasteiger partial charge in [-0.25, -0.2) is 0 Å². The van der Waals surface area contributed by atoms with Gasteiger partial charge in [-0.1, -0.05) is 11.6 Å². The van der Waals surface area contributed by atoms with Crippen molar-refractivity contribution in [1.29, 1.82) is 0 Å². The quantitative estimate of drug-likeness (QED) is 0.567. The van der Waals surface area contributed by atoms with Crippen LogP contribution in [0.2, 0.25) is 0 Å². The third kappa shape index (κ3) is 2.15. The molecule has 0 fully saturated rings. The second kappa shape index (κ2) is 4.13. The van der Waals surface area contributed by atoms with Crippen molar-refractivity contribution in [2.45, 2.75) is 32.6 Å². The van der Waals surface area contributed by atoms with Crippen LogP contribution in [0, 0.1) is 10.7 Å². The van der Waals surface area contributed by atoms with Crippen LogP contribution < -0.4 is 0 Å². The first-order valence-corrected chi connectivity index (χ1v) is 5.60. The van der Waals surface area contributed by atoms with E-state index in [0.29, 0.717) is 5.92 Å². The average Bonchev–Trinajstić information content (AvgIpc) is 2.56. The maximum Gasteiger partial charge on any atom is 0.174 e. The zero-order valence-electron chi connectivity index (χ0n) is 8.47. The molecule has 76 valence electrons. The summed E-state index contributed by atoms with van der Waals surface area (Å²) in [6.45, 7) is 2.24. The Hall–Kier alpha value is -0.830. The van der Waals surface area contributed by atoms with Crippen LogP contribution in [0.5, 0.6) is 0 Å². The highest BCUT2D eigenvalue weighted by Gasteiger charge is 2.15. The van der Waals surface area contributed by atoms with Crippen molar-refractivity contribution < 1.29 is 0 Å². The van der Waals surface area contributed by atoms with Crippen LogP contribution in [0.25, 0.3) is 0 Å². The molecule has 1 aromatic heterocycles. The van der Waals surface area contributed by atoms with E-state index in [4.69, 9.17) is 12.2 Å². The van der Waals surface area contributed by atoms with Crippen molar-refractivity contribution in [2.24, 2.45) is 5.92 Å². The van der Waals surface area contributed by atoms with Crippen molar-refractivity contribution in [3.63, 3.8) is 0 Å². The van der Waals surface area contributed by atoms with Crippen molar-refractivity contribution in [1.82, 2.24) is 9.97 Å². The first-order valence-electron chi connectivity index (χ1n) is 5.19. The molecule has 1 atom stereocenters. The van der Waals surface area contributed by atoms with Crippen LogP contribution in [0.1, 0.15) is 31.9 Å². The van der Waals surface area contributed by atoms with Crippen LogP contribution >= 0.6 is 12.2 Å². The molecule has 2 N–H and O–H groups in total. The molecule has 2 rings (SSSR count). The fourth-order valence-electron chi connectivity index (χ4n) is 2.10. The van der Waals surface area contributed by atoms with E-state index in [1.54, 1.807) is 0 Å². The standard InChI is InChI=1S/C11H16N2S/c1-8-4-2-3-5-9(8)6-10-7-12-11(14)13-10/h4,7,9H,2-3,5-6H2,1H3,(H2,12,13,14). The zero-order valence-corrected chi connectivity index (χ0v) is 9.29. The van der Waals surface area contributed by atoms with Gasteiger partial charge in [0.15, 0.2) is 4.77 Å². The molecule has 1 aliphatic rings. The monoisotopic (exact) mass is 208 g/mol. The molecule has 0 saturated carbocycles. The summed E-state index contributed by atoms with van der Waals surface area (Å²) in [7, 11) is 0. The number of hydrogen-bond acceptors (Lipinski definition) is 1. The summed E-state index contributed by atoms with van der Waals surface area (Å²) in [4.78, 5) is 6.19. The lowest BCUT2D eigenvalue weighted by molar-refractivity contribution is 0.504. The van der Waals surface area contributed by atoms with Crippen LogP contribution in [0.4, 0.5) is 0 Å². The van der Waals surface area contributed by atoms with Crippen molar-refractivity contribution in [3.8, 4) is 0 Å². The number of allylic oxidation sites excluding steroid dienone is 2. The van der Waals surface area contributed by atoms with Crippen molar-refractivity contribution in [2.75, 3.05) is 0 Å². The van der Waals surface area contributed by atoms with E-state index in [1.165, 1.54) is 30.5 Å². The molecule has 0 aliphatic heterocycles. The first kappa shape index (κ1) is 9.71. The average molecular weight is 208 g/mol. The summed E-state index contributed by atoms with van der Waals surface area (Å²) in [6.07, 6.45) is 9.35. The Labute approximate surface area is 89.4 Å². The van der Waals surface area contributed by atoms with Gasteiger partial charge in [-0.05, 0) is 50.7 Å². The molecule has 14 heavy (non-hydrogen) atoms. The van der Waals surface area contributed by atoms with Gasteiger partial charge < -0.3 is 9.97 Å². The van der Waals surface area contributed by atoms with Gasteiger partial charge in [0.05, 0.1) is 0 Å². The van der Waals surface area contributed by atoms with Gasteiger partial charge in [-0.3, -0.25) is 0 Å². The number of aromatic nitrogens is 2. The van der Waals surface area contributed by atoms with Gasteiger partial charge in [0.2, 0.25) is 0 Å². The molecule has 1 heterocycles. The molecule has 0 radical (unpaired) electrons. The Bertz CT molecular complexity index is 386. The fourth-order valence-corrected chi connectivity index (χ4v) is 2.29. The Morgan fingerprint density at radius 3 is 3.07 bits per heavy atom. The van der Waals surface area contributed by atoms with Crippen LogP contribution in [-0.4, -0.2) is 9.97 Å². The van der Waals surface area contributed by atoms with Gasteiger partial charge in [-0.15, -0.1) is 0 Å². The Kier molecular flexibility index (Phi) is 2.87. The molecule has 0 bridgehead atoms. The van der Waals surface area contributed by atoms with Gasteiger partial charge >= 0.3 is 0 Å². The van der Waals surface area contributed by atoms with Gasteiger partial charge in [0.25, 0.3) is 0 Å². The number of aromatic amines is 2. The number of rotatable bonds is 2. The van der Waals surface area contributed by atoms with E-state index >= 15 is 0 Å². The molecule has 0 amide bonds. The largest absolute Gasteiger partial charge is 0.337 e. The Morgan fingerprint density at radius 1 is 1.57 bits per heavy atom. The maximum absolute atomic E-state index is 5.00. The first-order chi connectivity index (χ1) is 6.75. The van der Waals surface area contributed by atoms with E-state index in [1.807, 2.05) is 6.20 Å². The summed E-state index contributed by atoms with van der Waals surface area (Å²) in [5.74, 6) is 0.713. The summed E-state index contributed by atoms with van der Waals surface area (Å²) in [5.41, 5.74) is 2.77. The van der Waals surface area contributed by atoms with Gasteiger partial charge in [-0.2, -0.15) is 0 Å². The molecule has 1 aliphatic carbocycles. The van der Waals surface area contributed by atoms with E-state index in [2.05, 4.69) is 23.0 Å². The molecular weight excluding hydrogens is 192 g/mol. The summed E-state index contributed by atoms with van der Waals surface area (Å²) in [6, 6.07) is 0. The van der Waals surface area contributed by atoms with Crippen LogP contribution in [0.15, 0.2) is 17.8 Å². The highest BCUT2D eigenvalue weighted by Crippen LogP contribution is 2.26. The highest BCUT2D eigenvalue weighted by atomic mass is 32.1. The molecule has 0 saturated heterocycles.